The van der Waals surface area contributed by atoms with Crippen LogP contribution in [0.25, 0.3) is 0 Å². The highest BCUT2D eigenvalue weighted by Gasteiger charge is 2.05. The van der Waals surface area contributed by atoms with Crippen LogP contribution in [0.5, 0.6) is 0 Å². The van der Waals surface area contributed by atoms with Crippen LogP contribution >= 0.6 is 0 Å². The van der Waals surface area contributed by atoms with Gasteiger partial charge in [0.05, 0.1) is 13.2 Å². The van der Waals surface area contributed by atoms with Crippen molar-refractivity contribution in [2.45, 2.75) is 64.3 Å². The lowest BCUT2D eigenvalue weighted by molar-refractivity contribution is 0.180. The van der Waals surface area contributed by atoms with Crippen LogP contribution in [0.1, 0.15) is 58.3 Å². The number of hydrogen-bond donors (Lipinski definition) is 2. The van der Waals surface area contributed by atoms with E-state index in [1.54, 1.807) is 7.11 Å². The van der Waals surface area contributed by atoms with Gasteiger partial charge in [-0.2, -0.15) is 0 Å². The highest BCUT2D eigenvalue weighted by atomic mass is 16.5. The Balaban J connectivity index is 3.25. The summed E-state index contributed by atoms with van der Waals surface area (Å²) in [5.74, 6) is 0. The number of rotatable bonds is 13. The van der Waals surface area contributed by atoms with E-state index in [-0.39, 0.29) is 12.6 Å². The van der Waals surface area contributed by atoms with Crippen molar-refractivity contribution in [1.29, 1.82) is 0 Å². The lowest BCUT2D eigenvalue weighted by Gasteiger charge is -2.15. The third-order valence-corrected chi connectivity index (χ3v) is 3.12. The minimum absolute atomic E-state index is 0.236. The molecule has 0 amide bonds. The van der Waals surface area contributed by atoms with Gasteiger partial charge in [-0.1, -0.05) is 51.9 Å². The monoisotopic (exact) mass is 245 g/mol. The van der Waals surface area contributed by atoms with Gasteiger partial charge in [-0.3, -0.25) is 0 Å². The van der Waals surface area contributed by atoms with E-state index in [0.717, 1.165) is 13.0 Å². The van der Waals surface area contributed by atoms with Gasteiger partial charge in [-0.05, 0) is 6.42 Å². The Morgan fingerprint density at radius 1 is 1.06 bits per heavy atom. The maximum Gasteiger partial charge on any atom is 0.0587 e. The molecule has 104 valence electrons. The highest BCUT2D eigenvalue weighted by molar-refractivity contribution is 4.65. The zero-order valence-electron chi connectivity index (χ0n) is 11.7. The number of ether oxygens (including phenoxy) is 1. The molecule has 0 aliphatic rings. The number of unbranched alkanes of at least 4 members (excludes halogenated alkanes) is 6. The molecule has 0 bridgehead atoms. The summed E-state index contributed by atoms with van der Waals surface area (Å²) in [6.07, 6.45) is 10.4. The van der Waals surface area contributed by atoms with Crippen molar-refractivity contribution in [3.8, 4) is 0 Å². The summed E-state index contributed by atoms with van der Waals surface area (Å²) in [5.41, 5.74) is 0. The second-order valence-electron chi connectivity index (χ2n) is 4.74. The number of methoxy groups -OCH3 is 1. The molecular formula is C14H31NO2. The minimum Gasteiger partial charge on any atom is -0.395 e. The quantitative estimate of drug-likeness (QED) is 0.490. The summed E-state index contributed by atoms with van der Waals surface area (Å²) in [7, 11) is 1.70. The van der Waals surface area contributed by atoms with Gasteiger partial charge in [0, 0.05) is 19.7 Å². The Morgan fingerprint density at radius 2 is 1.71 bits per heavy atom. The molecule has 3 heteroatoms. The van der Waals surface area contributed by atoms with E-state index in [2.05, 4.69) is 12.2 Å². The predicted octanol–water partition coefficient (Wildman–Crippen LogP) is 2.72. The van der Waals surface area contributed by atoms with Gasteiger partial charge in [0.1, 0.15) is 0 Å². The van der Waals surface area contributed by atoms with E-state index in [4.69, 9.17) is 4.74 Å². The molecule has 1 unspecified atom stereocenters. The van der Waals surface area contributed by atoms with Crippen LogP contribution in [-0.2, 0) is 4.74 Å². The molecule has 0 radical (unpaired) electrons. The molecule has 0 aliphatic heterocycles. The fourth-order valence-electron chi connectivity index (χ4n) is 1.97. The second kappa shape index (κ2) is 13.9. The van der Waals surface area contributed by atoms with E-state index < -0.39 is 0 Å². The van der Waals surface area contributed by atoms with Crippen LogP contribution in [0.2, 0.25) is 0 Å². The molecule has 0 aromatic rings. The zero-order valence-corrected chi connectivity index (χ0v) is 11.7. The molecular weight excluding hydrogens is 214 g/mol. The fraction of sp³-hybridized carbons (Fsp3) is 1.00. The van der Waals surface area contributed by atoms with Crippen LogP contribution < -0.4 is 5.32 Å². The SMILES string of the molecule is CCCCCCCCCC(CO)NCCOC. The van der Waals surface area contributed by atoms with Gasteiger partial charge >= 0.3 is 0 Å². The third-order valence-electron chi connectivity index (χ3n) is 3.12. The van der Waals surface area contributed by atoms with Crippen molar-refractivity contribution in [1.82, 2.24) is 5.32 Å². The lowest BCUT2D eigenvalue weighted by atomic mass is 10.1. The van der Waals surface area contributed by atoms with E-state index in [9.17, 15) is 5.11 Å². The van der Waals surface area contributed by atoms with Gasteiger partial charge in [0.15, 0.2) is 0 Å². The molecule has 0 saturated carbocycles. The standard InChI is InChI=1S/C14H31NO2/c1-3-4-5-6-7-8-9-10-14(13-16)15-11-12-17-2/h14-16H,3-13H2,1-2H3. The molecule has 0 saturated heterocycles. The van der Waals surface area contributed by atoms with Gasteiger partial charge in [-0.25, -0.2) is 0 Å². The summed E-state index contributed by atoms with van der Waals surface area (Å²) in [6.45, 7) is 4.03. The van der Waals surface area contributed by atoms with Crippen LogP contribution in [0.4, 0.5) is 0 Å². The molecule has 0 aromatic carbocycles. The van der Waals surface area contributed by atoms with Crippen LogP contribution in [0.15, 0.2) is 0 Å². The van der Waals surface area contributed by atoms with Crippen molar-refractivity contribution in [2.75, 3.05) is 26.9 Å². The summed E-state index contributed by atoms with van der Waals surface area (Å²) in [5, 5.41) is 12.5. The fourth-order valence-corrected chi connectivity index (χ4v) is 1.97. The van der Waals surface area contributed by atoms with Crippen molar-refractivity contribution in [3.63, 3.8) is 0 Å². The molecule has 0 heterocycles. The topological polar surface area (TPSA) is 41.5 Å². The normalized spacial score (nSPS) is 12.9. The van der Waals surface area contributed by atoms with E-state index >= 15 is 0 Å². The summed E-state index contributed by atoms with van der Waals surface area (Å²) in [6, 6.07) is 0.251. The van der Waals surface area contributed by atoms with Crippen molar-refractivity contribution < 1.29 is 9.84 Å². The lowest BCUT2D eigenvalue weighted by Crippen LogP contribution is -2.34. The van der Waals surface area contributed by atoms with Gasteiger partial charge < -0.3 is 15.2 Å². The van der Waals surface area contributed by atoms with E-state index in [0.29, 0.717) is 6.61 Å². The molecule has 0 aromatic heterocycles. The van der Waals surface area contributed by atoms with Crippen molar-refractivity contribution >= 4 is 0 Å². The summed E-state index contributed by atoms with van der Waals surface area (Å²) in [4.78, 5) is 0. The molecule has 1 atom stereocenters. The van der Waals surface area contributed by atoms with Crippen molar-refractivity contribution in [3.05, 3.63) is 0 Å². The second-order valence-corrected chi connectivity index (χ2v) is 4.74. The molecule has 3 nitrogen and oxygen atoms in total. The maximum atomic E-state index is 9.19. The number of aliphatic hydroxyl groups is 1. The summed E-state index contributed by atoms with van der Waals surface area (Å²) < 4.78 is 4.97. The predicted molar refractivity (Wildman–Crippen MR) is 73.4 cm³/mol. The average Bonchev–Trinajstić information content (AvgIpc) is 2.35. The van der Waals surface area contributed by atoms with Gasteiger partial charge in [-0.15, -0.1) is 0 Å². The highest BCUT2D eigenvalue weighted by Crippen LogP contribution is 2.09. The summed E-state index contributed by atoms with van der Waals surface area (Å²) >= 11 is 0. The largest absolute Gasteiger partial charge is 0.395 e. The molecule has 2 N–H and O–H groups in total. The number of nitrogens with one attached hydrogen (secondary N) is 1. The number of hydrogen-bond acceptors (Lipinski definition) is 3. The van der Waals surface area contributed by atoms with Gasteiger partial charge in [0.2, 0.25) is 0 Å². The zero-order chi connectivity index (χ0) is 12.8. The molecule has 0 rings (SSSR count). The Bertz CT molecular complexity index is 142. The molecule has 0 spiro atoms. The van der Waals surface area contributed by atoms with E-state index in [1.165, 1.54) is 44.9 Å². The third kappa shape index (κ3) is 12.1. The Morgan fingerprint density at radius 3 is 2.29 bits per heavy atom. The first-order valence-electron chi connectivity index (χ1n) is 7.18. The number of aliphatic hydroxyl groups excluding tert-OH is 1. The molecule has 0 fully saturated rings. The van der Waals surface area contributed by atoms with Crippen LogP contribution in [0.3, 0.4) is 0 Å². The first-order chi connectivity index (χ1) is 8.35. The Kier molecular flexibility index (Phi) is 13.8. The Labute approximate surface area is 107 Å². The maximum absolute atomic E-state index is 9.19. The average molecular weight is 245 g/mol. The van der Waals surface area contributed by atoms with Crippen molar-refractivity contribution in [2.24, 2.45) is 0 Å². The first-order valence-corrected chi connectivity index (χ1v) is 7.18. The van der Waals surface area contributed by atoms with E-state index in [1.807, 2.05) is 0 Å². The molecule has 17 heavy (non-hydrogen) atoms. The first kappa shape index (κ1) is 16.9. The van der Waals surface area contributed by atoms with Gasteiger partial charge in [0.25, 0.3) is 0 Å². The Hall–Kier alpha value is -0.120. The minimum atomic E-state index is 0.236. The van der Waals surface area contributed by atoms with Crippen LogP contribution in [0, 0.1) is 0 Å². The molecule has 0 aliphatic carbocycles. The van der Waals surface area contributed by atoms with Crippen LogP contribution in [-0.4, -0.2) is 38.0 Å². The smallest absolute Gasteiger partial charge is 0.0587 e.